The van der Waals surface area contributed by atoms with Crippen molar-refractivity contribution in [3.63, 3.8) is 0 Å². The van der Waals surface area contributed by atoms with Crippen LogP contribution >= 0.6 is 46.4 Å². The molecule has 0 aromatic heterocycles. The molecule has 1 aliphatic heterocycles. The molecule has 150 valence electrons. The highest BCUT2D eigenvalue weighted by Crippen LogP contribution is 2.41. The summed E-state index contributed by atoms with van der Waals surface area (Å²) >= 11 is 24.4. The van der Waals surface area contributed by atoms with Crippen LogP contribution in [0.5, 0.6) is 0 Å². The summed E-state index contributed by atoms with van der Waals surface area (Å²) in [7, 11) is 0. The fraction of sp³-hybridized carbons (Fsp3) is 0.632. The fourth-order valence-corrected chi connectivity index (χ4v) is 4.83. The summed E-state index contributed by atoms with van der Waals surface area (Å²) in [6, 6.07) is 1.47. The van der Waals surface area contributed by atoms with E-state index in [2.05, 4.69) is 15.1 Å². The molecule has 1 heterocycles. The van der Waals surface area contributed by atoms with Gasteiger partial charge in [0, 0.05) is 32.7 Å². The first-order chi connectivity index (χ1) is 12.9. The third kappa shape index (κ3) is 5.88. The maximum atomic E-state index is 12.4. The SMILES string of the molecule is O=C(CN1CCN(CC2CCCCC2)CC1)Nc1c(Cl)c(Cl)cc(Cl)c1Cl. The second-order valence-electron chi connectivity index (χ2n) is 7.47. The summed E-state index contributed by atoms with van der Waals surface area (Å²) in [5.74, 6) is 0.684. The van der Waals surface area contributed by atoms with Crippen LogP contribution in [-0.2, 0) is 4.79 Å². The molecular formula is C19H25Cl4N3O. The first-order valence-corrected chi connectivity index (χ1v) is 11.0. The molecule has 8 heteroatoms. The summed E-state index contributed by atoms with van der Waals surface area (Å²) in [5, 5.41) is 3.69. The summed E-state index contributed by atoms with van der Waals surface area (Å²) in [5.41, 5.74) is 0.275. The van der Waals surface area contributed by atoms with E-state index in [1.807, 2.05) is 0 Å². The monoisotopic (exact) mass is 451 g/mol. The molecule has 0 spiro atoms. The van der Waals surface area contributed by atoms with Crippen LogP contribution in [0, 0.1) is 5.92 Å². The van der Waals surface area contributed by atoms with Gasteiger partial charge in [0.25, 0.3) is 0 Å². The molecule has 3 rings (SSSR count). The van der Waals surface area contributed by atoms with Crippen LogP contribution in [0.25, 0.3) is 0 Å². The Hall–Kier alpha value is -0.230. The Morgan fingerprint density at radius 2 is 1.48 bits per heavy atom. The number of piperazine rings is 1. The van der Waals surface area contributed by atoms with Gasteiger partial charge in [0.2, 0.25) is 5.91 Å². The lowest BCUT2D eigenvalue weighted by atomic mass is 9.89. The number of carbonyl (C=O) groups is 1. The number of hydrogen-bond acceptors (Lipinski definition) is 3. The minimum atomic E-state index is -0.169. The minimum Gasteiger partial charge on any atom is -0.322 e. The predicted molar refractivity (Wildman–Crippen MR) is 115 cm³/mol. The molecule has 0 radical (unpaired) electrons. The summed E-state index contributed by atoms with van der Waals surface area (Å²) in [6.45, 7) is 5.29. The average Bonchev–Trinajstić information content (AvgIpc) is 2.66. The zero-order chi connectivity index (χ0) is 19.4. The van der Waals surface area contributed by atoms with E-state index in [0.29, 0.717) is 6.54 Å². The van der Waals surface area contributed by atoms with Crippen molar-refractivity contribution >= 4 is 58.0 Å². The topological polar surface area (TPSA) is 35.6 Å². The van der Waals surface area contributed by atoms with Crippen molar-refractivity contribution in [2.24, 2.45) is 5.92 Å². The zero-order valence-corrected chi connectivity index (χ0v) is 18.3. The number of carbonyl (C=O) groups excluding carboxylic acids is 1. The quantitative estimate of drug-likeness (QED) is 0.604. The highest BCUT2D eigenvalue weighted by atomic mass is 35.5. The van der Waals surface area contributed by atoms with E-state index in [1.165, 1.54) is 44.7 Å². The molecule has 1 saturated heterocycles. The van der Waals surface area contributed by atoms with Gasteiger partial charge in [-0.05, 0) is 24.8 Å². The number of rotatable bonds is 5. The van der Waals surface area contributed by atoms with Gasteiger partial charge in [-0.25, -0.2) is 0 Å². The summed E-state index contributed by atoms with van der Waals surface area (Å²) in [4.78, 5) is 17.1. The van der Waals surface area contributed by atoms with E-state index in [1.54, 1.807) is 0 Å². The summed E-state index contributed by atoms with van der Waals surface area (Å²) < 4.78 is 0. The van der Waals surface area contributed by atoms with Gasteiger partial charge in [0.1, 0.15) is 0 Å². The third-order valence-electron chi connectivity index (χ3n) is 5.45. The Kier molecular flexibility index (Phi) is 7.95. The average molecular weight is 453 g/mol. The molecular weight excluding hydrogens is 428 g/mol. The highest BCUT2D eigenvalue weighted by molar-refractivity contribution is 6.50. The van der Waals surface area contributed by atoms with Crippen molar-refractivity contribution in [1.82, 2.24) is 9.80 Å². The Balaban J connectivity index is 1.47. The van der Waals surface area contributed by atoms with Gasteiger partial charge in [-0.1, -0.05) is 65.7 Å². The molecule has 1 aliphatic carbocycles. The molecule has 2 fully saturated rings. The number of nitrogens with zero attached hydrogens (tertiary/aromatic N) is 2. The van der Waals surface area contributed by atoms with Crippen LogP contribution < -0.4 is 5.32 Å². The first-order valence-electron chi connectivity index (χ1n) is 9.51. The van der Waals surface area contributed by atoms with Crippen LogP contribution in [0.3, 0.4) is 0 Å². The third-order valence-corrected chi connectivity index (χ3v) is 7.02. The highest BCUT2D eigenvalue weighted by Gasteiger charge is 2.23. The molecule has 2 aliphatic rings. The lowest BCUT2D eigenvalue weighted by Crippen LogP contribution is -2.49. The van der Waals surface area contributed by atoms with Crippen LogP contribution in [0.15, 0.2) is 6.07 Å². The molecule has 1 amide bonds. The molecule has 27 heavy (non-hydrogen) atoms. The van der Waals surface area contributed by atoms with Gasteiger partial charge in [0.15, 0.2) is 0 Å². The Morgan fingerprint density at radius 1 is 0.926 bits per heavy atom. The van der Waals surface area contributed by atoms with Crippen molar-refractivity contribution in [2.45, 2.75) is 32.1 Å². The maximum Gasteiger partial charge on any atom is 0.238 e. The van der Waals surface area contributed by atoms with Gasteiger partial charge in [-0.3, -0.25) is 9.69 Å². The van der Waals surface area contributed by atoms with Crippen molar-refractivity contribution in [2.75, 3.05) is 44.6 Å². The molecule has 0 atom stereocenters. The zero-order valence-electron chi connectivity index (χ0n) is 15.2. The number of halogens is 4. The predicted octanol–water partition coefficient (Wildman–Crippen LogP) is 5.44. The van der Waals surface area contributed by atoms with E-state index in [4.69, 9.17) is 46.4 Å². The van der Waals surface area contributed by atoms with Crippen LogP contribution in [0.4, 0.5) is 5.69 Å². The maximum absolute atomic E-state index is 12.4. The van der Waals surface area contributed by atoms with Crippen molar-refractivity contribution < 1.29 is 4.79 Å². The van der Waals surface area contributed by atoms with E-state index in [-0.39, 0.29) is 31.7 Å². The fourth-order valence-electron chi connectivity index (χ4n) is 3.93. The molecule has 1 aromatic carbocycles. The van der Waals surface area contributed by atoms with Gasteiger partial charge in [0.05, 0.1) is 32.3 Å². The smallest absolute Gasteiger partial charge is 0.238 e. The van der Waals surface area contributed by atoms with Crippen molar-refractivity contribution in [1.29, 1.82) is 0 Å². The van der Waals surface area contributed by atoms with Crippen molar-refractivity contribution in [3.05, 3.63) is 26.2 Å². The molecule has 0 bridgehead atoms. The number of nitrogens with one attached hydrogen (secondary N) is 1. The van der Waals surface area contributed by atoms with Crippen LogP contribution in [0.1, 0.15) is 32.1 Å². The van der Waals surface area contributed by atoms with E-state index in [0.717, 1.165) is 32.1 Å². The number of anilines is 1. The van der Waals surface area contributed by atoms with Gasteiger partial charge >= 0.3 is 0 Å². The number of amides is 1. The van der Waals surface area contributed by atoms with Crippen LogP contribution in [0.2, 0.25) is 20.1 Å². The normalized spacial score (nSPS) is 20.0. The second-order valence-corrected chi connectivity index (χ2v) is 9.04. The van der Waals surface area contributed by atoms with E-state index in [9.17, 15) is 4.79 Å². The molecule has 1 aromatic rings. The van der Waals surface area contributed by atoms with Crippen LogP contribution in [-0.4, -0.2) is 55.0 Å². The van der Waals surface area contributed by atoms with Crippen molar-refractivity contribution in [3.8, 4) is 0 Å². The lowest BCUT2D eigenvalue weighted by molar-refractivity contribution is -0.117. The molecule has 1 saturated carbocycles. The van der Waals surface area contributed by atoms with Gasteiger partial charge in [-0.15, -0.1) is 0 Å². The first kappa shape index (κ1) is 21.5. The summed E-state index contributed by atoms with van der Waals surface area (Å²) in [6.07, 6.45) is 6.89. The minimum absolute atomic E-state index is 0.169. The largest absolute Gasteiger partial charge is 0.322 e. The lowest BCUT2D eigenvalue weighted by Gasteiger charge is -2.37. The van der Waals surface area contributed by atoms with E-state index < -0.39 is 0 Å². The Bertz CT molecular complexity index is 645. The van der Waals surface area contributed by atoms with E-state index >= 15 is 0 Å². The number of benzene rings is 1. The van der Waals surface area contributed by atoms with Gasteiger partial charge < -0.3 is 10.2 Å². The second kappa shape index (κ2) is 10.00. The molecule has 1 N–H and O–H groups in total. The molecule has 0 unspecified atom stereocenters. The number of hydrogen-bond donors (Lipinski definition) is 1. The Labute approximate surface area is 181 Å². The Morgan fingerprint density at radius 3 is 2.07 bits per heavy atom. The standard InChI is InChI=1S/C19H25Cl4N3O/c20-14-10-15(21)18(23)19(17(14)22)24-16(27)12-26-8-6-25(7-9-26)11-13-4-2-1-3-5-13/h10,13H,1-9,11-12H2,(H,24,27). The molecule has 4 nitrogen and oxygen atoms in total. The van der Waals surface area contributed by atoms with Gasteiger partial charge in [-0.2, -0.15) is 0 Å².